The molecule has 0 fully saturated rings. The molecule has 0 spiro atoms. The zero-order chi connectivity index (χ0) is 15.6. The number of aliphatic carboxylic acids is 1. The topological polar surface area (TPSA) is 83.6 Å². The van der Waals surface area contributed by atoms with Crippen molar-refractivity contribution >= 4 is 23.2 Å². The van der Waals surface area contributed by atoms with Gasteiger partial charge in [-0.1, -0.05) is 6.07 Å². The Kier molecular flexibility index (Phi) is 4.42. The monoisotopic (exact) mass is 308 g/mol. The number of hydrogen-bond donors (Lipinski definition) is 1. The first kappa shape index (κ1) is 15.2. The minimum Gasteiger partial charge on any atom is -0.480 e. The second kappa shape index (κ2) is 6.09. The predicted molar refractivity (Wildman–Crippen MR) is 78.1 cm³/mol. The summed E-state index contributed by atoms with van der Waals surface area (Å²) in [6.07, 6.45) is 0.0226. The minimum absolute atomic E-state index is 0.0226. The van der Waals surface area contributed by atoms with Crippen molar-refractivity contribution < 1.29 is 19.1 Å². The van der Waals surface area contributed by atoms with Crippen LogP contribution in [-0.4, -0.2) is 40.0 Å². The van der Waals surface area contributed by atoms with Gasteiger partial charge in [0.05, 0.1) is 17.0 Å². The maximum absolute atomic E-state index is 12.1. The average molecular weight is 308 g/mol. The highest BCUT2D eigenvalue weighted by atomic mass is 32.1. The van der Waals surface area contributed by atoms with Gasteiger partial charge in [0.1, 0.15) is 11.8 Å². The molecule has 2 rings (SSSR count). The molecule has 112 valence electrons. The fourth-order valence-electron chi connectivity index (χ4n) is 1.75. The van der Waals surface area contributed by atoms with E-state index in [1.807, 2.05) is 17.5 Å². The van der Waals surface area contributed by atoms with Crippen LogP contribution in [0.4, 0.5) is 0 Å². The molecule has 0 saturated heterocycles. The molecule has 0 aliphatic rings. The maximum Gasteiger partial charge on any atom is 0.326 e. The Morgan fingerprint density at radius 3 is 2.81 bits per heavy atom. The molecule has 0 aromatic carbocycles. The van der Waals surface area contributed by atoms with Crippen molar-refractivity contribution in [1.82, 2.24) is 9.88 Å². The molecule has 0 radical (unpaired) electrons. The highest BCUT2D eigenvalue weighted by molar-refractivity contribution is 7.13. The van der Waals surface area contributed by atoms with Crippen molar-refractivity contribution in [3.8, 4) is 10.8 Å². The predicted octanol–water partition coefficient (Wildman–Crippen LogP) is 2.19. The molecule has 2 aromatic rings. The number of aromatic nitrogens is 1. The summed E-state index contributed by atoms with van der Waals surface area (Å²) in [6.45, 7) is 3.21. The molecule has 1 N–H and O–H groups in total. The maximum atomic E-state index is 12.1. The number of carboxylic acids is 1. The fourth-order valence-corrected chi connectivity index (χ4v) is 2.40. The first-order chi connectivity index (χ1) is 9.90. The van der Waals surface area contributed by atoms with E-state index in [9.17, 15) is 9.59 Å². The van der Waals surface area contributed by atoms with Gasteiger partial charge in [-0.2, -0.15) is 0 Å². The van der Waals surface area contributed by atoms with Crippen LogP contribution in [0.3, 0.4) is 0 Å². The summed E-state index contributed by atoms with van der Waals surface area (Å²) in [6, 6.07) is 2.91. The second-order valence-electron chi connectivity index (χ2n) is 4.69. The number of aryl methyl sites for hydroxylation is 1. The van der Waals surface area contributed by atoms with E-state index < -0.39 is 12.0 Å². The Balaban J connectivity index is 2.13. The Morgan fingerprint density at radius 1 is 1.52 bits per heavy atom. The van der Waals surface area contributed by atoms with Crippen molar-refractivity contribution in [1.29, 1.82) is 0 Å². The van der Waals surface area contributed by atoms with E-state index >= 15 is 0 Å². The third kappa shape index (κ3) is 3.30. The lowest BCUT2D eigenvalue weighted by Gasteiger charge is -2.20. The van der Waals surface area contributed by atoms with Crippen molar-refractivity contribution in [2.24, 2.45) is 0 Å². The molecule has 1 atom stereocenters. The molecule has 1 unspecified atom stereocenters. The van der Waals surface area contributed by atoms with Gasteiger partial charge in [-0.15, -0.1) is 11.3 Å². The van der Waals surface area contributed by atoms with Gasteiger partial charge in [0, 0.05) is 7.05 Å². The van der Waals surface area contributed by atoms with Crippen LogP contribution < -0.4 is 0 Å². The second-order valence-corrected chi connectivity index (χ2v) is 5.64. The highest BCUT2D eigenvalue weighted by Crippen LogP contribution is 2.26. The molecule has 2 aromatic heterocycles. The molecular formula is C14H16N2O4S. The zero-order valence-electron chi connectivity index (χ0n) is 12.0. The van der Waals surface area contributed by atoms with Crippen LogP contribution in [0.2, 0.25) is 0 Å². The van der Waals surface area contributed by atoms with E-state index in [0.717, 1.165) is 4.88 Å². The molecule has 7 heteroatoms. The molecule has 1 amide bonds. The van der Waals surface area contributed by atoms with Gasteiger partial charge in [-0.25, -0.2) is 9.78 Å². The molecule has 21 heavy (non-hydrogen) atoms. The quantitative estimate of drug-likeness (QED) is 0.915. The highest BCUT2D eigenvalue weighted by Gasteiger charge is 2.23. The summed E-state index contributed by atoms with van der Waals surface area (Å²) in [5, 5.41) is 10.8. The smallest absolute Gasteiger partial charge is 0.326 e. The SMILES string of the molecule is Cc1oc(-c2cccs2)nc1CC(=O)N(C)C(C)C(=O)O. The summed E-state index contributed by atoms with van der Waals surface area (Å²) in [5.41, 5.74) is 0.535. The van der Waals surface area contributed by atoms with Crippen LogP contribution >= 0.6 is 11.3 Å². The van der Waals surface area contributed by atoms with Gasteiger partial charge in [-0.3, -0.25) is 4.79 Å². The van der Waals surface area contributed by atoms with Crippen molar-refractivity contribution in [3.63, 3.8) is 0 Å². The first-order valence-electron chi connectivity index (χ1n) is 6.38. The molecule has 0 aliphatic carbocycles. The minimum atomic E-state index is -1.04. The average Bonchev–Trinajstić information content (AvgIpc) is 3.07. The molecule has 0 bridgehead atoms. The van der Waals surface area contributed by atoms with E-state index in [4.69, 9.17) is 9.52 Å². The number of carboxylic acid groups (broad SMARTS) is 1. The third-order valence-electron chi connectivity index (χ3n) is 3.28. The lowest BCUT2D eigenvalue weighted by atomic mass is 10.2. The summed E-state index contributed by atoms with van der Waals surface area (Å²) < 4.78 is 5.56. The van der Waals surface area contributed by atoms with Crippen molar-refractivity contribution in [3.05, 3.63) is 29.0 Å². The van der Waals surface area contributed by atoms with Crippen LogP contribution in [0.25, 0.3) is 10.8 Å². The number of carbonyl (C=O) groups excluding carboxylic acids is 1. The van der Waals surface area contributed by atoms with Gasteiger partial charge in [-0.05, 0) is 25.3 Å². The number of nitrogens with zero attached hydrogens (tertiary/aromatic N) is 2. The number of thiophene rings is 1. The van der Waals surface area contributed by atoms with Gasteiger partial charge >= 0.3 is 5.97 Å². The number of carbonyl (C=O) groups is 2. The van der Waals surface area contributed by atoms with Gasteiger partial charge in [0.15, 0.2) is 0 Å². The normalized spacial score (nSPS) is 12.1. The van der Waals surface area contributed by atoms with E-state index in [1.165, 1.54) is 30.2 Å². The Morgan fingerprint density at radius 2 is 2.24 bits per heavy atom. The zero-order valence-corrected chi connectivity index (χ0v) is 12.8. The van der Waals surface area contributed by atoms with Gasteiger partial charge in [0.2, 0.25) is 11.8 Å². The molecule has 0 aliphatic heterocycles. The number of amides is 1. The first-order valence-corrected chi connectivity index (χ1v) is 7.26. The summed E-state index contributed by atoms with van der Waals surface area (Å²) in [7, 11) is 1.47. The van der Waals surface area contributed by atoms with Crippen LogP contribution in [0, 0.1) is 6.92 Å². The van der Waals surface area contributed by atoms with Gasteiger partial charge in [0.25, 0.3) is 0 Å². The van der Waals surface area contributed by atoms with E-state index in [0.29, 0.717) is 17.3 Å². The molecule has 6 nitrogen and oxygen atoms in total. The third-order valence-corrected chi connectivity index (χ3v) is 4.13. The van der Waals surface area contributed by atoms with Crippen LogP contribution in [0.5, 0.6) is 0 Å². The summed E-state index contributed by atoms with van der Waals surface area (Å²) >= 11 is 1.50. The molecule has 0 saturated carbocycles. The fraction of sp³-hybridized carbons (Fsp3) is 0.357. The summed E-state index contributed by atoms with van der Waals surface area (Å²) in [4.78, 5) is 29.4. The van der Waals surface area contributed by atoms with E-state index in [1.54, 1.807) is 6.92 Å². The Bertz CT molecular complexity index is 648. The summed E-state index contributed by atoms with van der Waals surface area (Å²) in [5.74, 6) is -0.289. The standard InChI is InChI=1S/C14H16N2O4S/c1-8(14(18)19)16(3)12(17)7-10-9(2)20-13(15-10)11-5-4-6-21-11/h4-6,8H,7H2,1-3H3,(H,18,19). The van der Waals surface area contributed by atoms with Crippen molar-refractivity contribution in [2.45, 2.75) is 26.3 Å². The largest absolute Gasteiger partial charge is 0.480 e. The number of oxazole rings is 1. The lowest BCUT2D eigenvalue weighted by Crippen LogP contribution is -2.41. The van der Waals surface area contributed by atoms with Crippen molar-refractivity contribution in [2.75, 3.05) is 7.05 Å². The van der Waals surface area contributed by atoms with Gasteiger partial charge < -0.3 is 14.4 Å². The number of hydrogen-bond acceptors (Lipinski definition) is 5. The van der Waals surface area contributed by atoms with Crippen LogP contribution in [0.1, 0.15) is 18.4 Å². The van der Waals surface area contributed by atoms with Crippen LogP contribution in [0.15, 0.2) is 21.9 Å². The van der Waals surface area contributed by atoms with E-state index in [2.05, 4.69) is 4.98 Å². The lowest BCUT2D eigenvalue weighted by molar-refractivity contribution is -0.148. The molecular weight excluding hydrogens is 292 g/mol. The molecule has 2 heterocycles. The Labute approximate surface area is 126 Å². The van der Waals surface area contributed by atoms with E-state index in [-0.39, 0.29) is 12.3 Å². The number of likely N-dealkylation sites (N-methyl/N-ethyl adjacent to an activating group) is 1. The Hall–Kier alpha value is -2.15. The number of rotatable bonds is 5. The van der Waals surface area contributed by atoms with Crippen LogP contribution in [-0.2, 0) is 16.0 Å².